The molecule has 0 bridgehead atoms. The quantitative estimate of drug-likeness (QED) is 0.181. The number of rotatable bonds is 12. The zero-order valence-electron chi connectivity index (χ0n) is 25.9. The normalized spacial score (nSPS) is 11.6. The lowest BCUT2D eigenvalue weighted by molar-refractivity contribution is -0.119. The van der Waals surface area contributed by atoms with Gasteiger partial charge in [-0.3, -0.25) is 4.79 Å². The third-order valence-electron chi connectivity index (χ3n) is 7.53. The van der Waals surface area contributed by atoms with Gasteiger partial charge in [-0.05, 0) is 48.0 Å². The van der Waals surface area contributed by atoms with Gasteiger partial charge in [0.2, 0.25) is 11.8 Å². The number of ether oxygens (including phenoxy) is 3. The Morgan fingerprint density at radius 2 is 1.77 bits per heavy atom. The number of carbonyl (C=O) groups is 2. The Morgan fingerprint density at radius 1 is 0.979 bits per heavy atom. The number of hydrogen-bond acceptors (Lipinski definition) is 8. The molecule has 0 unspecified atom stereocenters. The Balaban J connectivity index is 1.40. The van der Waals surface area contributed by atoms with E-state index in [0.29, 0.717) is 39.2 Å². The summed E-state index contributed by atoms with van der Waals surface area (Å²) >= 11 is 0. The Hall–Kier alpha value is -5.67. The predicted octanol–water partition coefficient (Wildman–Crippen LogP) is 5.36. The van der Waals surface area contributed by atoms with E-state index in [4.69, 9.17) is 24.5 Å². The van der Waals surface area contributed by atoms with Crippen LogP contribution in [-0.2, 0) is 33.8 Å². The predicted molar refractivity (Wildman–Crippen MR) is 168 cm³/mol. The number of methoxy groups -OCH3 is 2. The van der Waals surface area contributed by atoms with Gasteiger partial charge in [0, 0.05) is 44.2 Å². The van der Waals surface area contributed by atoms with Gasteiger partial charge in [-0.2, -0.15) is 5.26 Å². The van der Waals surface area contributed by atoms with Gasteiger partial charge in [-0.15, -0.1) is 0 Å². The molecule has 1 atom stereocenters. The molecule has 5 rings (SSSR count). The van der Waals surface area contributed by atoms with Crippen LogP contribution in [0.15, 0.2) is 72.8 Å². The van der Waals surface area contributed by atoms with Crippen molar-refractivity contribution in [3.8, 4) is 23.2 Å². The van der Waals surface area contributed by atoms with Gasteiger partial charge in [0.05, 0.1) is 53.7 Å². The molecule has 1 amide bonds. The molecule has 0 aliphatic rings. The molecule has 0 spiro atoms. The minimum Gasteiger partial charge on any atom is -0.473 e. The molecule has 0 fully saturated rings. The Labute approximate surface area is 269 Å². The number of fused-ring (bicyclic) bond motifs is 1. The van der Waals surface area contributed by atoms with Crippen LogP contribution in [0.3, 0.4) is 0 Å². The van der Waals surface area contributed by atoms with Crippen LogP contribution in [-0.4, -0.2) is 53.3 Å². The van der Waals surface area contributed by atoms with Crippen LogP contribution in [0.4, 0.5) is 8.78 Å². The summed E-state index contributed by atoms with van der Waals surface area (Å²) < 4.78 is 47.9. The molecule has 1 N–H and O–H groups in total. The first-order chi connectivity index (χ1) is 22.7. The van der Waals surface area contributed by atoms with E-state index in [1.54, 1.807) is 48.5 Å². The summed E-state index contributed by atoms with van der Waals surface area (Å²) in [5.41, 5.74) is 3.38. The molecule has 240 valence electrons. The van der Waals surface area contributed by atoms with Crippen molar-refractivity contribution in [1.29, 1.82) is 5.26 Å². The van der Waals surface area contributed by atoms with E-state index >= 15 is 4.39 Å². The molecular weight excluding hydrogens is 608 g/mol. The summed E-state index contributed by atoms with van der Waals surface area (Å²) in [6.07, 6.45) is -0.310. The van der Waals surface area contributed by atoms with Crippen LogP contribution in [0.25, 0.3) is 22.3 Å². The minimum absolute atomic E-state index is 0.0990. The number of nitrogens with zero attached hydrogens (tertiary/aromatic N) is 4. The highest BCUT2D eigenvalue weighted by Gasteiger charge is 2.20. The smallest absolute Gasteiger partial charge is 0.337 e. The highest BCUT2D eigenvalue weighted by Crippen LogP contribution is 2.26. The van der Waals surface area contributed by atoms with Crippen LogP contribution < -0.4 is 10.1 Å². The zero-order valence-corrected chi connectivity index (χ0v) is 25.9. The number of nitrogens with one attached hydrogen (secondary N) is 1. The van der Waals surface area contributed by atoms with E-state index in [1.165, 1.54) is 39.3 Å². The van der Waals surface area contributed by atoms with E-state index in [9.17, 15) is 14.0 Å². The molecule has 2 aromatic heterocycles. The lowest BCUT2D eigenvalue weighted by Crippen LogP contribution is -2.34. The van der Waals surface area contributed by atoms with Gasteiger partial charge in [0.1, 0.15) is 24.1 Å². The average molecular weight is 640 g/mol. The number of hydrogen-bond donors (Lipinski definition) is 1. The van der Waals surface area contributed by atoms with E-state index in [2.05, 4.69) is 10.3 Å². The number of carbonyl (C=O) groups excluding carboxylic acids is 2. The summed E-state index contributed by atoms with van der Waals surface area (Å²) in [7, 11) is 2.83. The second-order valence-electron chi connectivity index (χ2n) is 10.7. The maximum Gasteiger partial charge on any atom is 0.337 e. The van der Waals surface area contributed by atoms with Gasteiger partial charge < -0.3 is 24.1 Å². The standard InChI is InChI=1S/C35H31F2N5O5/c1-21(43)39-18-27(45-2)19-42-32-15-25(35(44)46-3)11-12-31(32)40-33(42)16-23-9-10-24(14-29(23)37)30-5-4-6-34(41-30)47-20-26-8-7-22(17-38)13-28(26)36/h4-15,27H,16,18-20H2,1-3H3,(H,39,43)/t27-/m0/s1. The van der Waals surface area contributed by atoms with Gasteiger partial charge in [0.15, 0.2) is 0 Å². The van der Waals surface area contributed by atoms with E-state index in [0.717, 1.165) is 6.07 Å². The van der Waals surface area contributed by atoms with Crippen molar-refractivity contribution in [3.63, 3.8) is 0 Å². The van der Waals surface area contributed by atoms with Crippen molar-refractivity contribution in [1.82, 2.24) is 19.9 Å². The topological polar surface area (TPSA) is 128 Å². The number of pyridine rings is 1. The van der Waals surface area contributed by atoms with Gasteiger partial charge in [-0.25, -0.2) is 23.5 Å². The molecular formula is C35H31F2N5O5. The van der Waals surface area contributed by atoms with Crippen LogP contribution in [0.2, 0.25) is 0 Å². The molecule has 12 heteroatoms. The maximum atomic E-state index is 15.6. The van der Waals surface area contributed by atoms with Gasteiger partial charge in [-0.1, -0.05) is 24.3 Å². The molecule has 0 aliphatic heterocycles. The van der Waals surface area contributed by atoms with Crippen molar-refractivity contribution in [2.75, 3.05) is 20.8 Å². The zero-order chi connectivity index (χ0) is 33.5. The second kappa shape index (κ2) is 14.6. The maximum absolute atomic E-state index is 15.6. The fourth-order valence-corrected chi connectivity index (χ4v) is 5.00. The number of aromatic nitrogens is 3. The van der Waals surface area contributed by atoms with Crippen LogP contribution in [0.5, 0.6) is 5.88 Å². The largest absolute Gasteiger partial charge is 0.473 e. The third kappa shape index (κ3) is 7.77. The first-order valence-electron chi connectivity index (χ1n) is 14.6. The van der Waals surface area contributed by atoms with Crippen molar-refractivity contribution in [3.05, 3.63) is 113 Å². The van der Waals surface area contributed by atoms with Crippen LogP contribution in [0.1, 0.15) is 39.8 Å². The fraction of sp³-hybridized carbons (Fsp3) is 0.229. The monoisotopic (exact) mass is 639 g/mol. The Kier molecular flexibility index (Phi) is 10.2. The number of amides is 1. The number of esters is 1. The van der Waals surface area contributed by atoms with E-state index in [1.807, 2.05) is 10.6 Å². The number of nitriles is 1. The van der Waals surface area contributed by atoms with Crippen molar-refractivity contribution in [2.24, 2.45) is 0 Å². The summed E-state index contributed by atoms with van der Waals surface area (Å²) in [5, 5.41) is 11.7. The highest BCUT2D eigenvalue weighted by atomic mass is 19.1. The fourth-order valence-electron chi connectivity index (χ4n) is 5.00. The lowest BCUT2D eigenvalue weighted by atomic mass is 10.1. The SMILES string of the molecule is COC(=O)c1ccc2nc(Cc3ccc(-c4cccc(OCc5ccc(C#N)cc5F)n4)cc3F)n(C[C@H](CNC(C)=O)OC)c2c1. The summed E-state index contributed by atoms with van der Waals surface area (Å²) in [5.74, 6) is -0.991. The van der Waals surface area contributed by atoms with Crippen molar-refractivity contribution in [2.45, 2.75) is 32.6 Å². The van der Waals surface area contributed by atoms with E-state index < -0.39 is 23.7 Å². The Bertz CT molecular complexity index is 1990. The molecule has 0 radical (unpaired) electrons. The third-order valence-corrected chi connectivity index (χ3v) is 7.53. The summed E-state index contributed by atoms with van der Waals surface area (Å²) in [4.78, 5) is 33.0. The minimum atomic E-state index is -0.555. The van der Waals surface area contributed by atoms with Crippen LogP contribution in [0, 0.1) is 23.0 Å². The average Bonchev–Trinajstić information content (AvgIpc) is 3.41. The van der Waals surface area contributed by atoms with Crippen LogP contribution >= 0.6 is 0 Å². The molecule has 0 aliphatic carbocycles. The van der Waals surface area contributed by atoms with Crippen molar-refractivity contribution >= 4 is 22.9 Å². The Morgan fingerprint density at radius 3 is 2.47 bits per heavy atom. The lowest BCUT2D eigenvalue weighted by Gasteiger charge is -2.19. The summed E-state index contributed by atoms with van der Waals surface area (Å²) in [6.45, 7) is 1.83. The first-order valence-corrected chi connectivity index (χ1v) is 14.6. The molecule has 0 saturated heterocycles. The van der Waals surface area contributed by atoms with Gasteiger partial charge in [0.25, 0.3) is 0 Å². The number of benzene rings is 3. The number of imidazole rings is 1. The molecule has 2 heterocycles. The number of halogens is 2. The molecule has 0 saturated carbocycles. The van der Waals surface area contributed by atoms with Crippen molar-refractivity contribution < 1.29 is 32.6 Å². The molecule has 47 heavy (non-hydrogen) atoms. The molecule has 10 nitrogen and oxygen atoms in total. The molecule has 3 aromatic carbocycles. The van der Waals surface area contributed by atoms with E-state index in [-0.39, 0.29) is 49.0 Å². The molecule has 5 aromatic rings. The van der Waals surface area contributed by atoms with Gasteiger partial charge >= 0.3 is 5.97 Å². The summed E-state index contributed by atoms with van der Waals surface area (Å²) in [6, 6.07) is 20.8. The second-order valence-corrected chi connectivity index (χ2v) is 10.7. The first kappa shape index (κ1) is 32.7. The highest BCUT2D eigenvalue weighted by molar-refractivity contribution is 5.93.